The van der Waals surface area contributed by atoms with Crippen molar-refractivity contribution in [2.45, 2.75) is 6.04 Å². The lowest BCUT2D eigenvalue weighted by Gasteiger charge is -2.26. The van der Waals surface area contributed by atoms with Gasteiger partial charge in [0.15, 0.2) is 0 Å². The third-order valence-corrected chi connectivity index (χ3v) is 2.32. The Bertz CT molecular complexity index is 520. The molecule has 8 heteroatoms. The molecule has 0 aliphatic carbocycles. The standard InChI is InChI=1S/C9H9N3O5/c13-8-7(1-6(2-10-8)12(15)16)9(14)11-5-3-17-4-5/h1-2,5H,3-4H2,(H,10,13)(H,11,14). The zero-order chi connectivity index (χ0) is 12.4. The van der Waals surface area contributed by atoms with Crippen LogP contribution >= 0.6 is 0 Å². The van der Waals surface area contributed by atoms with Crippen LogP contribution in [0.25, 0.3) is 0 Å². The Balaban J connectivity index is 2.23. The Hall–Kier alpha value is -2.22. The highest BCUT2D eigenvalue weighted by Gasteiger charge is 2.23. The van der Waals surface area contributed by atoms with Gasteiger partial charge in [-0.25, -0.2) is 0 Å². The summed E-state index contributed by atoms with van der Waals surface area (Å²) in [5, 5.41) is 13.0. The monoisotopic (exact) mass is 239 g/mol. The van der Waals surface area contributed by atoms with E-state index in [0.717, 1.165) is 12.3 Å². The van der Waals surface area contributed by atoms with Crippen LogP contribution in [0.1, 0.15) is 10.4 Å². The Labute approximate surface area is 94.7 Å². The normalized spacial score (nSPS) is 15.1. The number of nitro groups is 1. The molecular weight excluding hydrogens is 230 g/mol. The van der Waals surface area contributed by atoms with Gasteiger partial charge in [-0.15, -0.1) is 0 Å². The average molecular weight is 239 g/mol. The van der Waals surface area contributed by atoms with Gasteiger partial charge in [0, 0.05) is 6.07 Å². The Kier molecular flexibility index (Phi) is 2.88. The van der Waals surface area contributed by atoms with Crippen LogP contribution in [0.2, 0.25) is 0 Å². The summed E-state index contributed by atoms with van der Waals surface area (Å²) in [6.45, 7) is 0.775. The average Bonchev–Trinajstić information content (AvgIpc) is 2.23. The minimum absolute atomic E-state index is 0.138. The van der Waals surface area contributed by atoms with E-state index < -0.39 is 16.4 Å². The van der Waals surface area contributed by atoms with Crippen LogP contribution in [-0.4, -0.2) is 35.1 Å². The molecule has 17 heavy (non-hydrogen) atoms. The second-order valence-corrected chi connectivity index (χ2v) is 3.57. The van der Waals surface area contributed by atoms with Gasteiger partial charge in [0.25, 0.3) is 17.2 Å². The molecule has 1 fully saturated rings. The first-order chi connectivity index (χ1) is 8.08. The summed E-state index contributed by atoms with van der Waals surface area (Å²) in [4.78, 5) is 35.0. The van der Waals surface area contributed by atoms with E-state index in [4.69, 9.17) is 4.74 Å². The van der Waals surface area contributed by atoms with E-state index in [1.54, 1.807) is 0 Å². The zero-order valence-corrected chi connectivity index (χ0v) is 8.63. The molecule has 0 aromatic carbocycles. The molecule has 1 aliphatic heterocycles. The van der Waals surface area contributed by atoms with Crippen molar-refractivity contribution in [2.75, 3.05) is 13.2 Å². The fourth-order valence-corrected chi connectivity index (χ4v) is 1.33. The van der Waals surface area contributed by atoms with Crippen molar-refractivity contribution in [1.29, 1.82) is 0 Å². The summed E-state index contributed by atoms with van der Waals surface area (Å²) in [6.07, 6.45) is 0.950. The highest BCUT2D eigenvalue weighted by atomic mass is 16.6. The van der Waals surface area contributed by atoms with Crippen LogP contribution in [0.3, 0.4) is 0 Å². The van der Waals surface area contributed by atoms with Crippen LogP contribution in [-0.2, 0) is 4.74 Å². The van der Waals surface area contributed by atoms with Crippen LogP contribution in [0.4, 0.5) is 5.69 Å². The van der Waals surface area contributed by atoms with E-state index in [1.807, 2.05) is 0 Å². The van der Waals surface area contributed by atoms with Crippen molar-refractivity contribution in [3.8, 4) is 0 Å². The Morgan fingerprint density at radius 1 is 1.59 bits per heavy atom. The SMILES string of the molecule is O=C(NC1COC1)c1cc([N+](=O)[O-])c[nH]c1=O. The molecule has 1 saturated heterocycles. The number of hydrogen-bond acceptors (Lipinski definition) is 5. The molecule has 1 aromatic rings. The lowest BCUT2D eigenvalue weighted by molar-refractivity contribution is -0.385. The second kappa shape index (κ2) is 4.34. The molecule has 0 saturated carbocycles. The van der Waals surface area contributed by atoms with Crippen molar-refractivity contribution in [1.82, 2.24) is 10.3 Å². The van der Waals surface area contributed by atoms with Gasteiger partial charge >= 0.3 is 0 Å². The number of nitrogens with one attached hydrogen (secondary N) is 2. The van der Waals surface area contributed by atoms with Crippen molar-refractivity contribution in [3.05, 3.63) is 38.3 Å². The molecule has 8 nitrogen and oxygen atoms in total. The molecule has 0 atom stereocenters. The molecule has 2 rings (SSSR count). The van der Waals surface area contributed by atoms with E-state index in [2.05, 4.69) is 10.3 Å². The first-order valence-electron chi connectivity index (χ1n) is 4.83. The topological polar surface area (TPSA) is 114 Å². The van der Waals surface area contributed by atoms with E-state index in [0.29, 0.717) is 13.2 Å². The molecule has 1 aromatic heterocycles. The fraction of sp³-hybridized carbons (Fsp3) is 0.333. The number of amides is 1. The zero-order valence-electron chi connectivity index (χ0n) is 8.63. The number of nitrogens with zero attached hydrogens (tertiary/aromatic N) is 1. The molecule has 90 valence electrons. The van der Waals surface area contributed by atoms with Gasteiger partial charge in [0.1, 0.15) is 5.56 Å². The van der Waals surface area contributed by atoms with E-state index in [1.165, 1.54) is 0 Å². The number of carbonyl (C=O) groups excluding carboxylic acids is 1. The summed E-state index contributed by atoms with van der Waals surface area (Å²) in [5.74, 6) is -0.636. The molecule has 0 unspecified atom stereocenters. The van der Waals surface area contributed by atoms with E-state index in [9.17, 15) is 19.7 Å². The summed E-state index contributed by atoms with van der Waals surface area (Å²) < 4.78 is 4.85. The molecule has 0 spiro atoms. The maximum atomic E-state index is 11.6. The van der Waals surface area contributed by atoms with Gasteiger partial charge in [-0.1, -0.05) is 0 Å². The summed E-state index contributed by atoms with van der Waals surface area (Å²) in [7, 11) is 0. The van der Waals surface area contributed by atoms with Gasteiger partial charge in [0.2, 0.25) is 0 Å². The third kappa shape index (κ3) is 2.31. The van der Waals surface area contributed by atoms with Gasteiger partial charge in [0.05, 0.1) is 30.4 Å². The van der Waals surface area contributed by atoms with Gasteiger partial charge < -0.3 is 15.0 Å². The minimum atomic E-state index is -0.681. The summed E-state index contributed by atoms with van der Waals surface area (Å²) in [5.41, 5.74) is -1.26. The smallest absolute Gasteiger partial charge is 0.286 e. The van der Waals surface area contributed by atoms with Crippen molar-refractivity contribution in [3.63, 3.8) is 0 Å². The van der Waals surface area contributed by atoms with Crippen molar-refractivity contribution < 1.29 is 14.5 Å². The third-order valence-electron chi connectivity index (χ3n) is 2.32. The Morgan fingerprint density at radius 2 is 2.29 bits per heavy atom. The van der Waals surface area contributed by atoms with E-state index in [-0.39, 0.29) is 17.3 Å². The molecule has 1 aliphatic rings. The second-order valence-electron chi connectivity index (χ2n) is 3.57. The number of aromatic nitrogens is 1. The molecule has 1 amide bonds. The first-order valence-corrected chi connectivity index (χ1v) is 4.83. The molecular formula is C9H9N3O5. The predicted molar refractivity (Wildman–Crippen MR) is 55.8 cm³/mol. The van der Waals surface area contributed by atoms with Crippen molar-refractivity contribution >= 4 is 11.6 Å². The number of pyridine rings is 1. The number of aromatic amines is 1. The first kappa shape index (κ1) is 11.3. The van der Waals surface area contributed by atoms with E-state index >= 15 is 0 Å². The van der Waals surface area contributed by atoms with Gasteiger partial charge in [-0.05, 0) is 0 Å². The predicted octanol–water partition coefficient (Wildman–Crippen LogP) is -0.588. The number of carbonyl (C=O) groups is 1. The largest absolute Gasteiger partial charge is 0.377 e. The lowest BCUT2D eigenvalue weighted by Crippen LogP contribution is -2.49. The van der Waals surface area contributed by atoms with Crippen LogP contribution < -0.4 is 10.9 Å². The van der Waals surface area contributed by atoms with Gasteiger partial charge in [-0.3, -0.25) is 19.7 Å². The fourth-order valence-electron chi connectivity index (χ4n) is 1.33. The molecule has 0 bridgehead atoms. The number of H-pyrrole nitrogens is 1. The van der Waals surface area contributed by atoms with Crippen LogP contribution in [0.5, 0.6) is 0 Å². The minimum Gasteiger partial charge on any atom is -0.377 e. The van der Waals surface area contributed by atoms with Crippen LogP contribution in [0, 0.1) is 10.1 Å². The quantitative estimate of drug-likeness (QED) is 0.540. The number of hydrogen-bond donors (Lipinski definition) is 2. The number of rotatable bonds is 3. The maximum absolute atomic E-state index is 11.6. The number of ether oxygens (including phenoxy) is 1. The highest BCUT2D eigenvalue weighted by molar-refractivity contribution is 5.94. The Morgan fingerprint density at radius 3 is 2.82 bits per heavy atom. The summed E-state index contributed by atoms with van der Waals surface area (Å²) in [6, 6.07) is 0.814. The molecule has 2 N–H and O–H groups in total. The molecule has 2 heterocycles. The lowest BCUT2D eigenvalue weighted by atomic mass is 10.2. The van der Waals surface area contributed by atoms with Crippen molar-refractivity contribution in [2.24, 2.45) is 0 Å². The maximum Gasteiger partial charge on any atom is 0.286 e. The van der Waals surface area contributed by atoms with Crippen LogP contribution in [0.15, 0.2) is 17.1 Å². The molecule has 0 radical (unpaired) electrons. The summed E-state index contributed by atoms with van der Waals surface area (Å²) >= 11 is 0. The van der Waals surface area contributed by atoms with Gasteiger partial charge in [-0.2, -0.15) is 0 Å². The highest BCUT2D eigenvalue weighted by Crippen LogP contribution is 2.09.